The van der Waals surface area contributed by atoms with Crippen LogP contribution in [0.1, 0.15) is 12.0 Å². The largest absolute Gasteiger partial charge is 0.497 e. The number of likely N-dealkylation sites (tertiary alicyclic amines) is 1. The van der Waals surface area contributed by atoms with Crippen LogP contribution in [0.2, 0.25) is 0 Å². The molecular formula is C14H19NO4. The average molecular weight is 265 g/mol. The number of benzene rings is 1. The lowest BCUT2D eigenvalue weighted by molar-refractivity contribution is -0.146. The highest BCUT2D eigenvalue weighted by Gasteiger charge is 2.36. The minimum absolute atomic E-state index is 0.287. The van der Waals surface area contributed by atoms with Gasteiger partial charge in [-0.2, -0.15) is 0 Å². The first kappa shape index (κ1) is 13.8. The second-order valence-corrected chi connectivity index (χ2v) is 4.71. The topological polar surface area (TPSA) is 59.0 Å². The van der Waals surface area contributed by atoms with Gasteiger partial charge in [-0.25, -0.2) is 0 Å². The maximum atomic E-state index is 11.7. The predicted molar refractivity (Wildman–Crippen MR) is 69.8 cm³/mol. The van der Waals surface area contributed by atoms with Gasteiger partial charge in [-0.3, -0.25) is 9.69 Å². The third kappa shape index (κ3) is 3.24. The summed E-state index contributed by atoms with van der Waals surface area (Å²) >= 11 is 0. The molecule has 1 aliphatic heterocycles. The first-order chi connectivity index (χ1) is 9.13. The molecule has 1 saturated heterocycles. The maximum Gasteiger partial charge on any atom is 0.323 e. The molecule has 5 nitrogen and oxygen atoms in total. The number of aliphatic hydroxyl groups is 1. The molecular weight excluding hydrogens is 246 g/mol. The normalized spacial score (nSPS) is 23.3. The predicted octanol–water partition coefficient (Wildman–Crippen LogP) is 0.803. The molecule has 1 aliphatic rings. The fourth-order valence-electron chi connectivity index (χ4n) is 2.40. The van der Waals surface area contributed by atoms with E-state index in [2.05, 4.69) is 0 Å². The SMILES string of the molecule is COC(=O)[C@@H]1C[C@@H](O)CN1Cc1ccc(OC)cc1. The molecule has 0 spiro atoms. The van der Waals surface area contributed by atoms with Crippen molar-refractivity contribution < 1.29 is 19.4 Å². The van der Waals surface area contributed by atoms with Gasteiger partial charge in [0.05, 0.1) is 20.3 Å². The Balaban J connectivity index is 2.05. The summed E-state index contributed by atoms with van der Waals surface area (Å²) in [5.74, 6) is 0.514. The van der Waals surface area contributed by atoms with Crippen LogP contribution in [0.3, 0.4) is 0 Å². The number of ether oxygens (including phenoxy) is 2. The Morgan fingerprint density at radius 2 is 2.05 bits per heavy atom. The van der Waals surface area contributed by atoms with Gasteiger partial charge >= 0.3 is 5.97 Å². The third-order valence-electron chi connectivity index (χ3n) is 3.40. The molecule has 0 aromatic heterocycles. The molecule has 1 fully saturated rings. The number of esters is 1. The van der Waals surface area contributed by atoms with Crippen LogP contribution in [0.4, 0.5) is 0 Å². The van der Waals surface area contributed by atoms with E-state index in [9.17, 15) is 9.90 Å². The molecule has 1 aromatic rings. The summed E-state index contributed by atoms with van der Waals surface area (Å²) in [5.41, 5.74) is 1.07. The van der Waals surface area contributed by atoms with Gasteiger partial charge < -0.3 is 14.6 Å². The van der Waals surface area contributed by atoms with Crippen LogP contribution in [0.5, 0.6) is 5.75 Å². The number of carbonyl (C=O) groups is 1. The van der Waals surface area contributed by atoms with Crippen LogP contribution in [0, 0.1) is 0 Å². The molecule has 2 rings (SSSR count). The number of methoxy groups -OCH3 is 2. The molecule has 2 atom stereocenters. The lowest BCUT2D eigenvalue weighted by Crippen LogP contribution is -2.36. The van der Waals surface area contributed by atoms with Gasteiger partial charge in [0, 0.05) is 19.5 Å². The summed E-state index contributed by atoms with van der Waals surface area (Å²) in [6.07, 6.45) is -0.0367. The van der Waals surface area contributed by atoms with E-state index >= 15 is 0 Å². The fraction of sp³-hybridized carbons (Fsp3) is 0.500. The molecule has 0 radical (unpaired) electrons. The molecule has 0 aliphatic carbocycles. The van der Waals surface area contributed by atoms with E-state index in [1.54, 1.807) is 7.11 Å². The zero-order chi connectivity index (χ0) is 13.8. The van der Waals surface area contributed by atoms with Gasteiger partial charge in [0.15, 0.2) is 0 Å². The highest BCUT2D eigenvalue weighted by Crippen LogP contribution is 2.22. The summed E-state index contributed by atoms with van der Waals surface area (Å²) in [5, 5.41) is 9.71. The van der Waals surface area contributed by atoms with E-state index in [0.29, 0.717) is 19.5 Å². The number of hydrogen-bond donors (Lipinski definition) is 1. The van der Waals surface area contributed by atoms with E-state index in [1.165, 1.54) is 7.11 Å². The van der Waals surface area contributed by atoms with Crippen LogP contribution in [-0.2, 0) is 16.1 Å². The second kappa shape index (κ2) is 6.04. The van der Waals surface area contributed by atoms with Crippen molar-refractivity contribution in [2.45, 2.75) is 25.1 Å². The zero-order valence-corrected chi connectivity index (χ0v) is 11.2. The number of nitrogens with zero attached hydrogens (tertiary/aromatic N) is 1. The van der Waals surface area contributed by atoms with Gasteiger partial charge in [0.25, 0.3) is 0 Å². The van der Waals surface area contributed by atoms with Gasteiger partial charge in [-0.15, -0.1) is 0 Å². The molecule has 0 unspecified atom stereocenters. The van der Waals surface area contributed by atoms with Crippen LogP contribution in [0.25, 0.3) is 0 Å². The molecule has 1 N–H and O–H groups in total. The van der Waals surface area contributed by atoms with Crippen molar-refractivity contribution in [3.8, 4) is 5.75 Å². The first-order valence-corrected chi connectivity index (χ1v) is 6.27. The Kier molecular flexibility index (Phi) is 4.39. The highest BCUT2D eigenvalue weighted by atomic mass is 16.5. The van der Waals surface area contributed by atoms with Crippen molar-refractivity contribution in [3.63, 3.8) is 0 Å². The van der Waals surface area contributed by atoms with Crippen molar-refractivity contribution >= 4 is 5.97 Å². The van der Waals surface area contributed by atoms with Gasteiger partial charge in [0.1, 0.15) is 11.8 Å². The highest BCUT2D eigenvalue weighted by molar-refractivity contribution is 5.76. The fourth-order valence-corrected chi connectivity index (χ4v) is 2.40. The summed E-state index contributed by atoms with van der Waals surface area (Å²) in [6, 6.07) is 7.32. The number of rotatable bonds is 4. The Morgan fingerprint density at radius 1 is 1.37 bits per heavy atom. The smallest absolute Gasteiger partial charge is 0.323 e. The average Bonchev–Trinajstić information content (AvgIpc) is 2.79. The Bertz CT molecular complexity index is 432. The summed E-state index contributed by atoms with van der Waals surface area (Å²) < 4.78 is 9.88. The number of β-amino-alcohol motifs (C(OH)–C–C–N with tert-alkyl or cyclic N) is 1. The maximum absolute atomic E-state index is 11.7. The van der Waals surface area contributed by atoms with Crippen molar-refractivity contribution in [3.05, 3.63) is 29.8 Å². The van der Waals surface area contributed by atoms with Crippen LogP contribution < -0.4 is 4.74 Å². The molecule has 104 valence electrons. The molecule has 19 heavy (non-hydrogen) atoms. The lowest BCUT2D eigenvalue weighted by Gasteiger charge is -2.22. The van der Waals surface area contributed by atoms with Crippen molar-refractivity contribution in [2.75, 3.05) is 20.8 Å². The second-order valence-electron chi connectivity index (χ2n) is 4.71. The Hall–Kier alpha value is -1.59. The standard InChI is InChI=1S/C14H19NO4/c1-18-12-5-3-10(4-6-12)8-15-9-11(16)7-13(15)14(17)19-2/h3-6,11,13,16H,7-9H2,1-2H3/t11-,13+/m1/s1. The molecule has 1 aromatic carbocycles. The van der Waals surface area contributed by atoms with Gasteiger partial charge in [-0.05, 0) is 17.7 Å². The molecule has 0 amide bonds. The van der Waals surface area contributed by atoms with Gasteiger partial charge in [0.2, 0.25) is 0 Å². The van der Waals surface area contributed by atoms with Crippen molar-refractivity contribution in [2.24, 2.45) is 0 Å². The van der Waals surface area contributed by atoms with Crippen LogP contribution in [-0.4, -0.2) is 48.9 Å². The van der Waals surface area contributed by atoms with Gasteiger partial charge in [-0.1, -0.05) is 12.1 Å². The summed E-state index contributed by atoms with van der Waals surface area (Å²) in [4.78, 5) is 13.6. The Morgan fingerprint density at radius 3 is 2.63 bits per heavy atom. The molecule has 5 heteroatoms. The first-order valence-electron chi connectivity index (χ1n) is 6.27. The number of carbonyl (C=O) groups excluding carboxylic acids is 1. The monoisotopic (exact) mass is 265 g/mol. The van der Waals surface area contributed by atoms with E-state index < -0.39 is 6.10 Å². The lowest BCUT2D eigenvalue weighted by atomic mass is 10.1. The molecule has 1 heterocycles. The van der Waals surface area contributed by atoms with Crippen molar-refractivity contribution in [1.29, 1.82) is 0 Å². The van der Waals surface area contributed by atoms with Crippen molar-refractivity contribution in [1.82, 2.24) is 4.90 Å². The van der Waals surface area contributed by atoms with Crippen LogP contribution >= 0.6 is 0 Å². The van der Waals surface area contributed by atoms with E-state index in [1.807, 2.05) is 29.2 Å². The Labute approximate surface area is 112 Å². The summed E-state index contributed by atoms with van der Waals surface area (Å²) in [7, 11) is 3.00. The van der Waals surface area contributed by atoms with E-state index in [4.69, 9.17) is 9.47 Å². The molecule has 0 bridgehead atoms. The minimum atomic E-state index is -0.470. The molecule has 0 saturated carbocycles. The quantitative estimate of drug-likeness (QED) is 0.816. The van der Waals surface area contributed by atoms with E-state index in [-0.39, 0.29) is 12.0 Å². The number of aliphatic hydroxyl groups excluding tert-OH is 1. The third-order valence-corrected chi connectivity index (χ3v) is 3.40. The van der Waals surface area contributed by atoms with Crippen LogP contribution in [0.15, 0.2) is 24.3 Å². The number of hydrogen-bond acceptors (Lipinski definition) is 5. The summed E-state index contributed by atoms with van der Waals surface area (Å²) in [6.45, 7) is 1.10. The zero-order valence-electron chi connectivity index (χ0n) is 11.2. The minimum Gasteiger partial charge on any atom is -0.497 e. The van der Waals surface area contributed by atoms with E-state index in [0.717, 1.165) is 11.3 Å².